The Morgan fingerprint density at radius 3 is 2.57 bits per heavy atom. The fourth-order valence-electron chi connectivity index (χ4n) is 2.60. The minimum absolute atomic E-state index is 0.00307. The van der Waals surface area contributed by atoms with Crippen molar-refractivity contribution in [2.24, 2.45) is 4.99 Å². The molecule has 2 nitrogen and oxygen atoms in total. The van der Waals surface area contributed by atoms with Crippen molar-refractivity contribution in [1.29, 1.82) is 0 Å². The maximum atomic E-state index is 4.61. The van der Waals surface area contributed by atoms with Gasteiger partial charge in [0.1, 0.15) is 0 Å². The van der Waals surface area contributed by atoms with E-state index in [4.69, 9.17) is 0 Å². The Morgan fingerprint density at radius 1 is 1.19 bits per heavy atom. The number of allylic oxidation sites excluding steroid dienone is 3. The van der Waals surface area contributed by atoms with Gasteiger partial charge in [-0.25, -0.2) is 0 Å². The smallest absolute Gasteiger partial charge is 0.0520 e. The molecule has 1 aromatic carbocycles. The van der Waals surface area contributed by atoms with E-state index in [9.17, 15) is 0 Å². The van der Waals surface area contributed by atoms with E-state index in [1.165, 1.54) is 16.8 Å². The monoisotopic (exact) mass is 282 g/mol. The number of likely N-dealkylation sites (N-methyl/N-ethyl adjacent to an activating group) is 1. The van der Waals surface area contributed by atoms with Crippen LogP contribution in [0, 0.1) is 0 Å². The predicted octanol–water partition coefficient (Wildman–Crippen LogP) is 4.20. The number of hydrogen-bond acceptors (Lipinski definition) is 2. The second-order valence-electron chi connectivity index (χ2n) is 6.73. The summed E-state index contributed by atoms with van der Waals surface area (Å²) in [6.45, 7) is 6.38. The van der Waals surface area contributed by atoms with Gasteiger partial charge in [0, 0.05) is 38.3 Å². The first kappa shape index (κ1) is 15.6. The first-order valence-corrected chi connectivity index (χ1v) is 7.56. The van der Waals surface area contributed by atoms with E-state index >= 15 is 0 Å². The highest BCUT2D eigenvalue weighted by Crippen LogP contribution is 2.33. The summed E-state index contributed by atoms with van der Waals surface area (Å²) in [5, 5.41) is 0. The Kier molecular flexibility index (Phi) is 4.66. The predicted molar refractivity (Wildman–Crippen MR) is 92.0 cm³/mol. The van der Waals surface area contributed by atoms with Crippen LogP contribution in [0.1, 0.15) is 37.8 Å². The van der Waals surface area contributed by atoms with Crippen LogP contribution in [0.2, 0.25) is 0 Å². The quantitative estimate of drug-likeness (QED) is 0.756. The van der Waals surface area contributed by atoms with Crippen LogP contribution < -0.4 is 0 Å². The molecule has 0 aromatic heterocycles. The highest BCUT2D eigenvalue weighted by atomic mass is 15.1. The average Bonchev–Trinajstić information content (AvgIpc) is 2.87. The van der Waals surface area contributed by atoms with Crippen molar-refractivity contribution in [3.63, 3.8) is 0 Å². The molecule has 1 aromatic rings. The highest BCUT2D eigenvalue weighted by Gasteiger charge is 2.20. The average molecular weight is 282 g/mol. The summed E-state index contributed by atoms with van der Waals surface area (Å²) < 4.78 is 0. The normalized spacial score (nSPS) is 18.3. The fraction of sp³-hybridized carbons (Fsp3) is 0.421. The third-order valence-corrected chi connectivity index (χ3v) is 3.59. The molecule has 1 aliphatic carbocycles. The summed E-state index contributed by atoms with van der Waals surface area (Å²) in [6, 6.07) is 8.68. The lowest BCUT2D eigenvalue weighted by atomic mass is 9.91. The Balaban J connectivity index is 2.24. The highest BCUT2D eigenvalue weighted by molar-refractivity contribution is 5.63. The van der Waals surface area contributed by atoms with Gasteiger partial charge >= 0.3 is 0 Å². The van der Waals surface area contributed by atoms with Crippen molar-refractivity contribution in [1.82, 2.24) is 4.90 Å². The molecule has 0 spiro atoms. The molecule has 0 bridgehead atoms. The molecular formula is C19H26N2. The number of nitrogens with zero attached hydrogens (tertiary/aromatic N) is 2. The Labute approximate surface area is 128 Å². The third kappa shape index (κ3) is 4.07. The van der Waals surface area contributed by atoms with E-state index in [2.05, 4.69) is 93.5 Å². The lowest BCUT2D eigenvalue weighted by molar-refractivity contribution is 0.487. The van der Waals surface area contributed by atoms with Crippen LogP contribution in [0.3, 0.4) is 0 Å². The molecule has 0 fully saturated rings. The van der Waals surface area contributed by atoms with Gasteiger partial charge in [-0.15, -0.1) is 0 Å². The standard InChI is InChI=1S/C19H26N2/c1-19(2,3)20-14-13-15-9-6-7-10-16(15)17-11-8-12-18(17)21(4)5/h6-12,14,17H,13H2,1-5H3. The summed E-state index contributed by atoms with van der Waals surface area (Å²) >= 11 is 0. The second-order valence-corrected chi connectivity index (χ2v) is 6.73. The van der Waals surface area contributed by atoms with Gasteiger partial charge in [-0.05, 0) is 38.0 Å². The van der Waals surface area contributed by atoms with E-state index in [0.717, 1.165) is 6.42 Å². The van der Waals surface area contributed by atoms with Crippen LogP contribution in [-0.4, -0.2) is 30.7 Å². The van der Waals surface area contributed by atoms with Crippen LogP contribution in [0.25, 0.3) is 0 Å². The molecule has 0 heterocycles. The van der Waals surface area contributed by atoms with Gasteiger partial charge in [-0.1, -0.05) is 36.4 Å². The van der Waals surface area contributed by atoms with E-state index in [1.54, 1.807) is 0 Å². The molecule has 1 aliphatic rings. The SMILES string of the molecule is CN(C)C1=CC=CC1c1ccccc1CC=NC(C)(C)C. The molecule has 0 aliphatic heterocycles. The van der Waals surface area contributed by atoms with Gasteiger partial charge < -0.3 is 4.90 Å². The van der Waals surface area contributed by atoms with Gasteiger partial charge in [-0.3, -0.25) is 4.99 Å². The van der Waals surface area contributed by atoms with Gasteiger partial charge in [0.15, 0.2) is 0 Å². The van der Waals surface area contributed by atoms with Crippen LogP contribution in [-0.2, 0) is 6.42 Å². The zero-order chi connectivity index (χ0) is 15.5. The van der Waals surface area contributed by atoms with Crippen LogP contribution in [0.15, 0.2) is 53.2 Å². The van der Waals surface area contributed by atoms with Crippen LogP contribution >= 0.6 is 0 Å². The molecule has 112 valence electrons. The molecule has 1 atom stereocenters. The first-order valence-electron chi connectivity index (χ1n) is 7.56. The maximum absolute atomic E-state index is 4.61. The molecule has 0 saturated heterocycles. The Morgan fingerprint density at radius 2 is 1.90 bits per heavy atom. The Bertz CT molecular complexity index is 571. The van der Waals surface area contributed by atoms with Crippen LogP contribution in [0.5, 0.6) is 0 Å². The summed E-state index contributed by atoms with van der Waals surface area (Å²) in [6.07, 6.45) is 9.56. The lowest BCUT2D eigenvalue weighted by Gasteiger charge is -2.23. The second kappa shape index (κ2) is 6.30. The molecule has 0 saturated carbocycles. The van der Waals surface area contributed by atoms with Gasteiger partial charge in [0.25, 0.3) is 0 Å². The third-order valence-electron chi connectivity index (χ3n) is 3.59. The number of benzene rings is 1. The van der Waals surface area contributed by atoms with Crippen molar-refractivity contribution in [2.75, 3.05) is 14.1 Å². The summed E-state index contributed by atoms with van der Waals surface area (Å²) in [4.78, 5) is 6.80. The van der Waals surface area contributed by atoms with Crippen molar-refractivity contribution in [3.05, 3.63) is 59.3 Å². The summed E-state index contributed by atoms with van der Waals surface area (Å²) in [5.41, 5.74) is 4.08. The molecule has 21 heavy (non-hydrogen) atoms. The number of hydrogen-bond donors (Lipinski definition) is 0. The summed E-state index contributed by atoms with van der Waals surface area (Å²) in [7, 11) is 4.21. The van der Waals surface area contributed by atoms with Crippen molar-refractivity contribution < 1.29 is 0 Å². The minimum Gasteiger partial charge on any atom is -0.380 e. The van der Waals surface area contributed by atoms with Crippen molar-refractivity contribution in [2.45, 2.75) is 38.6 Å². The molecule has 2 rings (SSSR count). The maximum Gasteiger partial charge on any atom is 0.0520 e. The van der Waals surface area contributed by atoms with E-state index < -0.39 is 0 Å². The molecule has 0 radical (unpaired) electrons. The van der Waals surface area contributed by atoms with Gasteiger partial charge in [0.05, 0.1) is 5.54 Å². The van der Waals surface area contributed by atoms with Gasteiger partial charge in [0.2, 0.25) is 0 Å². The van der Waals surface area contributed by atoms with Crippen molar-refractivity contribution >= 4 is 6.21 Å². The zero-order valence-corrected chi connectivity index (χ0v) is 13.8. The van der Waals surface area contributed by atoms with E-state index in [0.29, 0.717) is 5.92 Å². The van der Waals surface area contributed by atoms with E-state index in [-0.39, 0.29) is 5.54 Å². The van der Waals surface area contributed by atoms with Gasteiger partial charge in [-0.2, -0.15) is 0 Å². The number of rotatable bonds is 4. The molecular weight excluding hydrogens is 256 g/mol. The molecule has 2 heteroatoms. The summed E-state index contributed by atoms with van der Waals surface area (Å²) in [5.74, 6) is 0.360. The topological polar surface area (TPSA) is 15.6 Å². The lowest BCUT2D eigenvalue weighted by Crippen LogP contribution is -2.16. The Hall–Kier alpha value is -1.83. The van der Waals surface area contributed by atoms with Crippen LogP contribution in [0.4, 0.5) is 0 Å². The van der Waals surface area contributed by atoms with Crippen molar-refractivity contribution in [3.8, 4) is 0 Å². The number of aliphatic imine (C=N–C) groups is 1. The van der Waals surface area contributed by atoms with E-state index in [1.807, 2.05) is 0 Å². The first-order chi connectivity index (χ1) is 9.88. The largest absolute Gasteiger partial charge is 0.380 e. The molecule has 0 amide bonds. The fourth-order valence-corrected chi connectivity index (χ4v) is 2.60. The molecule has 0 N–H and O–H groups in total. The molecule has 1 unspecified atom stereocenters. The minimum atomic E-state index is -0.00307. The zero-order valence-electron chi connectivity index (χ0n) is 13.8.